The zero-order chi connectivity index (χ0) is 38.3. The van der Waals surface area contributed by atoms with Gasteiger partial charge in [0.25, 0.3) is 15.9 Å². The summed E-state index contributed by atoms with van der Waals surface area (Å²) >= 11 is 6.58. The van der Waals surface area contributed by atoms with Crippen LogP contribution in [0.15, 0.2) is 83.8 Å². The summed E-state index contributed by atoms with van der Waals surface area (Å²) in [6.07, 6.45) is 4.71. The van der Waals surface area contributed by atoms with Crippen molar-refractivity contribution in [3.63, 3.8) is 0 Å². The number of ether oxygens (including phenoxy) is 3. The predicted octanol–water partition coefficient (Wildman–Crippen LogP) is 6.30. The van der Waals surface area contributed by atoms with Gasteiger partial charge < -0.3 is 29.7 Å². The Morgan fingerprint density at radius 3 is 2.23 bits per heavy atom. The zero-order valence-electron chi connectivity index (χ0n) is 30.6. The van der Waals surface area contributed by atoms with Gasteiger partial charge in [-0.15, -0.1) is 0 Å². The molecule has 3 amide bonds. The normalized spacial score (nSPS) is 21.7. The average molecular weight is 767 g/mol. The van der Waals surface area contributed by atoms with Crippen LogP contribution in [0.5, 0.6) is 11.5 Å². The van der Waals surface area contributed by atoms with E-state index in [1.807, 2.05) is 30.3 Å². The fourth-order valence-electron chi connectivity index (χ4n) is 6.51. The van der Waals surface area contributed by atoms with Gasteiger partial charge in [0, 0.05) is 19.0 Å². The molecule has 2 N–H and O–H groups in total. The molecule has 12 nitrogen and oxygen atoms in total. The average Bonchev–Trinajstić information content (AvgIpc) is 3.12. The molecular formula is C39H47ClN4O8S. The Morgan fingerprint density at radius 1 is 0.925 bits per heavy atom. The maximum atomic E-state index is 14.3. The van der Waals surface area contributed by atoms with Gasteiger partial charge >= 0.3 is 6.09 Å². The number of nitrogens with one attached hydrogen (secondary N) is 2. The van der Waals surface area contributed by atoms with Crippen molar-refractivity contribution >= 4 is 45.2 Å². The fraction of sp³-hybridized carbons (Fsp3) is 0.410. The van der Waals surface area contributed by atoms with Gasteiger partial charge in [0.1, 0.15) is 23.1 Å². The van der Waals surface area contributed by atoms with Crippen molar-refractivity contribution in [2.75, 3.05) is 38.2 Å². The maximum absolute atomic E-state index is 14.3. The number of piperidine rings is 1. The molecule has 2 aliphatic rings. The highest BCUT2D eigenvalue weighted by Crippen LogP contribution is 2.32. The SMILES string of the molecule is COc1ccc([C@@H]2CCN3C[C@@H]2NC(=O)c2cc(ccc2Cl)S(=O)(=O)N(c2ccc(OC)cc2)C/C=C/CCCC(NC(=O)OC(C)(C)C)C3=O)cc1. The van der Waals surface area contributed by atoms with E-state index in [1.165, 1.54) is 29.6 Å². The Morgan fingerprint density at radius 2 is 1.58 bits per heavy atom. The number of halogens is 1. The number of fused-ring (bicyclic) bond motifs is 4. The summed E-state index contributed by atoms with van der Waals surface area (Å²) in [5.41, 5.74) is 0.521. The van der Waals surface area contributed by atoms with Crippen molar-refractivity contribution < 1.29 is 37.0 Å². The van der Waals surface area contributed by atoms with Crippen LogP contribution >= 0.6 is 11.6 Å². The van der Waals surface area contributed by atoms with Crippen LogP contribution in [0.2, 0.25) is 5.02 Å². The predicted molar refractivity (Wildman–Crippen MR) is 203 cm³/mol. The molecule has 3 aromatic rings. The zero-order valence-corrected chi connectivity index (χ0v) is 32.2. The number of benzene rings is 3. The second-order valence-corrected chi connectivity index (χ2v) is 16.3. The second-order valence-electron chi connectivity index (χ2n) is 14.0. The summed E-state index contributed by atoms with van der Waals surface area (Å²) in [7, 11) is -1.09. The first-order chi connectivity index (χ1) is 25.2. The standard InChI is InChI=1S/C39H47ClN4O8S/c1-39(2,3)52-38(47)42-34-10-8-6-7-9-22-44(27-13-17-29(51-5)18-14-27)53(48,49)30-19-20-33(40)32(24-30)36(45)41-35-25-43(37(34)46)23-21-31(35)26-11-15-28(50-4)16-12-26/h7,9,11-20,24,31,34-35H,6,8,10,21-23,25H2,1-5H3,(H,41,45)(H,42,47)/b9-7+/t31-,34?,35-/m0/s1. The first-order valence-electron chi connectivity index (χ1n) is 17.5. The molecule has 1 fully saturated rings. The minimum atomic E-state index is -4.20. The second kappa shape index (κ2) is 16.9. The smallest absolute Gasteiger partial charge is 0.408 e. The van der Waals surface area contributed by atoms with E-state index in [2.05, 4.69) is 10.6 Å². The summed E-state index contributed by atoms with van der Waals surface area (Å²) in [4.78, 5) is 42.7. The van der Waals surface area contributed by atoms with E-state index in [1.54, 1.807) is 63.1 Å². The molecule has 0 aliphatic carbocycles. The molecule has 284 valence electrons. The third-order valence-electron chi connectivity index (χ3n) is 9.21. The van der Waals surface area contributed by atoms with Crippen LogP contribution in [-0.2, 0) is 19.6 Å². The number of anilines is 1. The highest BCUT2D eigenvalue weighted by molar-refractivity contribution is 7.92. The number of nitrogens with zero attached hydrogens (tertiary/aromatic N) is 2. The van der Waals surface area contributed by atoms with E-state index < -0.39 is 39.7 Å². The Kier molecular flexibility index (Phi) is 12.6. The lowest BCUT2D eigenvalue weighted by molar-refractivity contribution is -0.135. The Bertz CT molecular complexity index is 1910. The molecule has 2 heterocycles. The molecular weight excluding hydrogens is 720 g/mol. The van der Waals surface area contributed by atoms with Crippen molar-refractivity contribution in [2.24, 2.45) is 0 Å². The van der Waals surface area contributed by atoms with Crippen molar-refractivity contribution in [3.05, 3.63) is 95.0 Å². The monoisotopic (exact) mass is 766 g/mol. The van der Waals surface area contributed by atoms with Crippen LogP contribution in [0.1, 0.15) is 68.3 Å². The molecule has 14 heteroatoms. The molecule has 3 aromatic carbocycles. The third kappa shape index (κ3) is 9.82. The van der Waals surface area contributed by atoms with E-state index in [4.69, 9.17) is 25.8 Å². The van der Waals surface area contributed by atoms with Crippen molar-refractivity contribution in [2.45, 2.75) is 75.0 Å². The number of alkyl carbamates (subject to hydrolysis) is 1. The minimum absolute atomic E-state index is 0.0171. The van der Waals surface area contributed by atoms with E-state index in [9.17, 15) is 22.8 Å². The van der Waals surface area contributed by atoms with Crippen LogP contribution in [0, 0.1) is 0 Å². The van der Waals surface area contributed by atoms with Crippen LogP contribution < -0.4 is 24.4 Å². The maximum Gasteiger partial charge on any atom is 0.408 e. The summed E-state index contributed by atoms with van der Waals surface area (Å²) in [6, 6.07) is 16.7. The number of sulfonamides is 1. The van der Waals surface area contributed by atoms with Gasteiger partial charge in [0.2, 0.25) is 5.91 Å². The van der Waals surface area contributed by atoms with Crippen LogP contribution in [0.3, 0.4) is 0 Å². The molecule has 1 saturated heterocycles. The molecule has 0 aromatic heterocycles. The minimum Gasteiger partial charge on any atom is -0.497 e. The van der Waals surface area contributed by atoms with Crippen LogP contribution in [0.25, 0.3) is 0 Å². The van der Waals surface area contributed by atoms with Gasteiger partial charge in [-0.1, -0.05) is 35.9 Å². The molecule has 1 unspecified atom stereocenters. The van der Waals surface area contributed by atoms with E-state index in [0.29, 0.717) is 49.4 Å². The van der Waals surface area contributed by atoms with Gasteiger partial charge in [-0.05, 0) is 107 Å². The number of allylic oxidation sites excluding steroid dienone is 1. The Balaban J connectivity index is 1.55. The quantitative estimate of drug-likeness (QED) is 0.288. The van der Waals surface area contributed by atoms with E-state index in [-0.39, 0.29) is 40.4 Å². The van der Waals surface area contributed by atoms with Crippen molar-refractivity contribution in [1.82, 2.24) is 15.5 Å². The third-order valence-corrected chi connectivity index (χ3v) is 11.3. The molecule has 53 heavy (non-hydrogen) atoms. The van der Waals surface area contributed by atoms with Crippen LogP contribution in [-0.4, -0.2) is 82.8 Å². The Labute approximate surface area is 316 Å². The van der Waals surface area contributed by atoms with Gasteiger partial charge in [-0.3, -0.25) is 13.9 Å². The number of hydrogen-bond acceptors (Lipinski definition) is 8. The van der Waals surface area contributed by atoms with Crippen molar-refractivity contribution in [1.29, 1.82) is 0 Å². The highest BCUT2D eigenvalue weighted by atomic mass is 35.5. The van der Waals surface area contributed by atoms with Crippen molar-refractivity contribution in [3.8, 4) is 11.5 Å². The molecule has 4 bridgehead atoms. The molecule has 5 rings (SSSR count). The summed E-state index contributed by atoms with van der Waals surface area (Å²) in [5, 5.41) is 5.92. The molecule has 3 atom stereocenters. The fourth-order valence-corrected chi connectivity index (χ4v) is 8.15. The molecule has 0 radical (unpaired) electrons. The van der Waals surface area contributed by atoms with Gasteiger partial charge in [-0.25, -0.2) is 13.2 Å². The molecule has 0 saturated carbocycles. The molecule has 2 aliphatic heterocycles. The van der Waals surface area contributed by atoms with E-state index >= 15 is 0 Å². The van der Waals surface area contributed by atoms with Gasteiger partial charge in [0.15, 0.2) is 0 Å². The van der Waals surface area contributed by atoms with Crippen LogP contribution in [0.4, 0.5) is 10.5 Å². The number of carbonyl (C=O) groups is 3. The first kappa shape index (κ1) is 39.5. The number of rotatable bonds is 5. The first-order valence-corrected chi connectivity index (χ1v) is 19.4. The highest BCUT2D eigenvalue weighted by Gasteiger charge is 2.37. The summed E-state index contributed by atoms with van der Waals surface area (Å²) < 4.78 is 45.9. The number of methoxy groups -OCH3 is 2. The van der Waals surface area contributed by atoms with E-state index in [0.717, 1.165) is 5.56 Å². The topological polar surface area (TPSA) is 144 Å². The number of amides is 3. The summed E-state index contributed by atoms with van der Waals surface area (Å²) in [6.45, 7) is 5.74. The lowest BCUT2D eigenvalue weighted by Crippen LogP contribution is -2.57. The lowest BCUT2D eigenvalue weighted by Gasteiger charge is -2.40. The van der Waals surface area contributed by atoms with Gasteiger partial charge in [-0.2, -0.15) is 0 Å². The summed E-state index contributed by atoms with van der Waals surface area (Å²) in [5.74, 6) is 0.148. The number of carbonyl (C=O) groups excluding carboxylic acids is 3. The largest absolute Gasteiger partial charge is 0.497 e. The Hall–Kier alpha value is -4.75. The number of hydrogen-bond donors (Lipinski definition) is 2. The molecule has 0 spiro atoms. The van der Waals surface area contributed by atoms with Gasteiger partial charge in [0.05, 0.1) is 48.0 Å². The lowest BCUT2D eigenvalue weighted by atomic mass is 9.84.